The molecule has 3 aliphatic rings. The zero-order chi connectivity index (χ0) is 20.0. The van der Waals surface area contributed by atoms with Crippen LogP contribution >= 0.6 is 22.7 Å². The Kier molecular flexibility index (Phi) is 4.70. The Balaban J connectivity index is 1.32. The number of amides is 4. The second kappa shape index (κ2) is 7.25. The lowest BCUT2D eigenvalue weighted by Crippen LogP contribution is -2.44. The molecule has 1 aliphatic carbocycles. The minimum absolute atomic E-state index is 0.00628. The summed E-state index contributed by atoms with van der Waals surface area (Å²) in [5.74, 6) is -0.158. The van der Waals surface area contributed by atoms with Gasteiger partial charge in [-0.25, -0.2) is 4.79 Å². The number of urea groups is 1. The van der Waals surface area contributed by atoms with Gasteiger partial charge in [0, 0.05) is 29.3 Å². The quantitative estimate of drug-likeness (QED) is 0.756. The van der Waals surface area contributed by atoms with Crippen molar-refractivity contribution >= 4 is 40.5 Å². The van der Waals surface area contributed by atoms with Crippen LogP contribution < -0.4 is 5.32 Å². The summed E-state index contributed by atoms with van der Waals surface area (Å²) in [6.07, 6.45) is 4.34. The highest BCUT2D eigenvalue weighted by Crippen LogP contribution is 2.40. The molecular formula is C21H23N3O3S2. The summed E-state index contributed by atoms with van der Waals surface area (Å²) >= 11 is 3.40. The predicted molar refractivity (Wildman–Crippen MR) is 112 cm³/mol. The van der Waals surface area contributed by atoms with Crippen molar-refractivity contribution in [1.82, 2.24) is 15.1 Å². The van der Waals surface area contributed by atoms with Gasteiger partial charge < -0.3 is 10.2 Å². The molecule has 152 valence electrons. The van der Waals surface area contributed by atoms with Gasteiger partial charge in [0.1, 0.15) is 5.54 Å². The molecule has 2 aromatic heterocycles. The van der Waals surface area contributed by atoms with Gasteiger partial charge in [-0.15, -0.1) is 22.7 Å². The first-order valence-corrected chi connectivity index (χ1v) is 11.9. The van der Waals surface area contributed by atoms with Crippen molar-refractivity contribution in [2.75, 3.05) is 13.1 Å². The fourth-order valence-electron chi connectivity index (χ4n) is 4.89. The first-order valence-electron chi connectivity index (χ1n) is 10.1. The van der Waals surface area contributed by atoms with Crippen molar-refractivity contribution < 1.29 is 14.4 Å². The zero-order valence-electron chi connectivity index (χ0n) is 16.1. The number of hydrogen-bond donors (Lipinski definition) is 1. The van der Waals surface area contributed by atoms with Crippen LogP contribution in [0.3, 0.4) is 0 Å². The Morgan fingerprint density at radius 1 is 1.17 bits per heavy atom. The van der Waals surface area contributed by atoms with Crippen molar-refractivity contribution in [3.63, 3.8) is 0 Å². The molecule has 2 aromatic rings. The van der Waals surface area contributed by atoms with Gasteiger partial charge in [0.05, 0.1) is 6.04 Å². The van der Waals surface area contributed by atoms with Crippen LogP contribution in [-0.4, -0.2) is 46.3 Å². The third-order valence-electron chi connectivity index (χ3n) is 6.35. The van der Waals surface area contributed by atoms with Crippen molar-refractivity contribution in [2.45, 2.75) is 50.1 Å². The highest BCUT2D eigenvalue weighted by molar-refractivity contribution is 7.10. The van der Waals surface area contributed by atoms with Crippen LogP contribution in [0.4, 0.5) is 4.79 Å². The Morgan fingerprint density at radius 2 is 2.00 bits per heavy atom. The van der Waals surface area contributed by atoms with E-state index >= 15 is 0 Å². The molecule has 1 atom stereocenters. The lowest BCUT2D eigenvalue weighted by atomic mass is 9.97. The third-order valence-corrected chi connectivity index (χ3v) is 8.27. The maximum Gasteiger partial charge on any atom is 0.325 e. The van der Waals surface area contributed by atoms with Crippen LogP contribution in [0.2, 0.25) is 0 Å². The van der Waals surface area contributed by atoms with E-state index in [1.807, 2.05) is 16.3 Å². The number of nitrogens with zero attached hydrogens (tertiary/aromatic N) is 2. The summed E-state index contributed by atoms with van der Waals surface area (Å²) < 4.78 is 0. The molecule has 29 heavy (non-hydrogen) atoms. The van der Waals surface area contributed by atoms with Gasteiger partial charge in [-0.1, -0.05) is 18.9 Å². The molecular weight excluding hydrogens is 406 g/mol. The molecule has 1 saturated heterocycles. The molecule has 6 nitrogen and oxygen atoms in total. The lowest BCUT2D eigenvalue weighted by Gasteiger charge is -2.35. The van der Waals surface area contributed by atoms with Crippen molar-refractivity contribution in [2.24, 2.45) is 0 Å². The number of thiophene rings is 2. The maximum absolute atomic E-state index is 13.2. The van der Waals surface area contributed by atoms with Crippen molar-refractivity contribution in [1.29, 1.82) is 0 Å². The van der Waals surface area contributed by atoms with E-state index in [0.717, 1.165) is 24.1 Å². The Labute approximate surface area is 177 Å². The van der Waals surface area contributed by atoms with E-state index in [9.17, 15) is 14.4 Å². The van der Waals surface area contributed by atoms with Crippen LogP contribution in [0.25, 0.3) is 0 Å². The summed E-state index contributed by atoms with van der Waals surface area (Å²) in [7, 11) is 0. The fraction of sp³-hybridized carbons (Fsp3) is 0.476. The maximum atomic E-state index is 13.2. The van der Waals surface area contributed by atoms with E-state index in [1.54, 1.807) is 22.7 Å². The van der Waals surface area contributed by atoms with E-state index in [1.165, 1.54) is 15.3 Å². The van der Waals surface area contributed by atoms with Crippen molar-refractivity contribution in [3.05, 3.63) is 44.3 Å². The molecule has 0 unspecified atom stereocenters. The number of carbonyl (C=O) groups excluding carboxylic acids is 3. The van der Waals surface area contributed by atoms with E-state index in [-0.39, 0.29) is 36.9 Å². The molecule has 4 amide bonds. The highest BCUT2D eigenvalue weighted by Gasteiger charge is 2.52. The minimum atomic E-state index is -0.712. The molecule has 2 aliphatic heterocycles. The molecule has 2 fully saturated rings. The third kappa shape index (κ3) is 3.09. The smallest absolute Gasteiger partial charge is 0.325 e. The molecule has 8 heteroatoms. The van der Waals surface area contributed by atoms with E-state index in [0.29, 0.717) is 19.4 Å². The standard InChI is InChI=1S/C21H23N3O3S2/c25-17(6-11-24-19(26)21(22-20(24)27)8-1-2-9-21)23-10-5-15-14(7-13-29-15)18(23)16-4-3-12-28-16/h3-4,7,12-13,18H,1-2,5-6,8-11H2,(H,22,27)/t18-/m0/s1. The molecule has 1 N–H and O–H groups in total. The van der Waals surface area contributed by atoms with Crippen LogP contribution in [-0.2, 0) is 16.0 Å². The van der Waals surface area contributed by atoms with E-state index < -0.39 is 5.54 Å². The Hall–Kier alpha value is -2.19. The number of fused-ring (bicyclic) bond motifs is 1. The second-order valence-corrected chi connectivity index (χ2v) is 9.96. The zero-order valence-corrected chi connectivity index (χ0v) is 17.7. The number of carbonyl (C=O) groups is 3. The molecule has 0 bridgehead atoms. The predicted octanol–water partition coefficient (Wildman–Crippen LogP) is 3.54. The monoisotopic (exact) mass is 429 g/mol. The average molecular weight is 430 g/mol. The molecule has 1 saturated carbocycles. The largest absolute Gasteiger partial charge is 0.330 e. The molecule has 5 rings (SSSR count). The Morgan fingerprint density at radius 3 is 2.76 bits per heavy atom. The number of rotatable bonds is 4. The first-order chi connectivity index (χ1) is 14.1. The second-order valence-electron chi connectivity index (χ2n) is 7.98. The topological polar surface area (TPSA) is 69.7 Å². The Bertz CT molecular complexity index is 946. The number of hydrogen-bond acceptors (Lipinski definition) is 5. The van der Waals surface area contributed by atoms with Gasteiger partial charge in [-0.05, 0) is 47.7 Å². The van der Waals surface area contributed by atoms with E-state index in [4.69, 9.17) is 0 Å². The molecule has 1 spiro atoms. The highest BCUT2D eigenvalue weighted by atomic mass is 32.1. The first kappa shape index (κ1) is 18.8. The average Bonchev–Trinajstić information content (AvgIpc) is 3.49. The van der Waals surface area contributed by atoms with Gasteiger partial charge >= 0.3 is 6.03 Å². The SMILES string of the molecule is O=C1NC2(CCCC2)C(=O)N1CCC(=O)N1CCc2sccc2[C@H]1c1cccs1. The van der Waals surface area contributed by atoms with Gasteiger partial charge in [0.15, 0.2) is 0 Å². The molecule has 0 radical (unpaired) electrons. The number of imide groups is 1. The molecule has 0 aromatic carbocycles. The van der Waals surface area contributed by atoms with Gasteiger partial charge in [0.2, 0.25) is 5.91 Å². The normalized spacial score (nSPS) is 23.0. The van der Waals surface area contributed by atoms with E-state index in [2.05, 4.69) is 22.8 Å². The summed E-state index contributed by atoms with van der Waals surface area (Å²) in [5.41, 5.74) is 0.494. The van der Waals surface area contributed by atoms with Gasteiger partial charge in [0.25, 0.3) is 5.91 Å². The van der Waals surface area contributed by atoms with Gasteiger partial charge in [-0.3, -0.25) is 14.5 Å². The minimum Gasteiger partial charge on any atom is -0.330 e. The summed E-state index contributed by atoms with van der Waals surface area (Å²) in [5, 5.41) is 7.01. The van der Waals surface area contributed by atoms with Gasteiger partial charge in [-0.2, -0.15) is 0 Å². The fourth-order valence-corrected chi connectivity index (χ4v) is 6.64. The summed E-state index contributed by atoms with van der Waals surface area (Å²) in [6, 6.07) is 5.78. The lowest BCUT2D eigenvalue weighted by molar-refractivity contribution is -0.135. The number of nitrogens with one attached hydrogen (secondary N) is 1. The van der Waals surface area contributed by atoms with Crippen LogP contribution in [0.15, 0.2) is 29.0 Å². The summed E-state index contributed by atoms with van der Waals surface area (Å²) in [6.45, 7) is 0.814. The van der Waals surface area contributed by atoms with Crippen molar-refractivity contribution in [3.8, 4) is 0 Å². The van der Waals surface area contributed by atoms with Crippen LogP contribution in [0.5, 0.6) is 0 Å². The molecule has 4 heterocycles. The van der Waals surface area contributed by atoms with Crippen LogP contribution in [0, 0.1) is 0 Å². The van der Waals surface area contributed by atoms with Crippen LogP contribution in [0.1, 0.15) is 53.5 Å². The summed E-state index contributed by atoms with van der Waals surface area (Å²) in [4.78, 5) is 44.1.